The molecule has 0 fully saturated rings. The number of rotatable bonds is 4. The normalized spacial score (nSPS) is 12.0. The summed E-state index contributed by atoms with van der Waals surface area (Å²) in [5.41, 5.74) is 2.76. The Kier molecular flexibility index (Phi) is 3.80. The molecule has 0 unspecified atom stereocenters. The summed E-state index contributed by atoms with van der Waals surface area (Å²) in [6.45, 7) is 5.97. The number of hydrogen-bond acceptors (Lipinski definition) is 4. The van der Waals surface area contributed by atoms with Crippen LogP contribution in [0.2, 0.25) is 0 Å². The average Bonchev–Trinajstić information content (AvgIpc) is 2.84. The highest BCUT2D eigenvalue weighted by molar-refractivity contribution is 7.91. The lowest BCUT2D eigenvalue weighted by atomic mass is 10.2. The fourth-order valence-electron chi connectivity index (χ4n) is 1.87. The van der Waals surface area contributed by atoms with Gasteiger partial charge in [-0.15, -0.1) is 11.3 Å². The number of thiophene rings is 1. The molecular formula is C12H17N3O2S2. The third-order valence-electron chi connectivity index (χ3n) is 3.08. The van der Waals surface area contributed by atoms with Crippen molar-refractivity contribution in [1.82, 2.24) is 14.5 Å². The van der Waals surface area contributed by atoms with Crippen LogP contribution >= 0.6 is 11.3 Å². The summed E-state index contributed by atoms with van der Waals surface area (Å²) < 4.78 is 29.0. The Labute approximate surface area is 117 Å². The number of sulfonamides is 1. The highest BCUT2D eigenvalue weighted by Crippen LogP contribution is 2.21. The zero-order valence-corrected chi connectivity index (χ0v) is 13.0. The Balaban J connectivity index is 2.18. The van der Waals surface area contributed by atoms with Crippen molar-refractivity contribution in [2.75, 3.05) is 0 Å². The molecule has 0 aliphatic carbocycles. The van der Waals surface area contributed by atoms with Crippen LogP contribution in [0.15, 0.2) is 16.3 Å². The molecule has 2 rings (SSSR count). The molecule has 0 aromatic carbocycles. The first kappa shape index (κ1) is 14.2. The molecule has 0 radical (unpaired) electrons. The molecule has 0 atom stereocenters. The van der Waals surface area contributed by atoms with Crippen LogP contribution in [0.4, 0.5) is 0 Å². The minimum Gasteiger partial charge on any atom is -0.272 e. The molecule has 2 heterocycles. The molecular weight excluding hydrogens is 282 g/mol. The van der Waals surface area contributed by atoms with Crippen LogP contribution < -0.4 is 4.72 Å². The predicted octanol–water partition coefficient (Wildman–Crippen LogP) is 1.89. The van der Waals surface area contributed by atoms with Crippen molar-refractivity contribution in [3.63, 3.8) is 0 Å². The average molecular weight is 299 g/mol. The van der Waals surface area contributed by atoms with Gasteiger partial charge in [-0.25, -0.2) is 13.1 Å². The second kappa shape index (κ2) is 5.07. The summed E-state index contributed by atoms with van der Waals surface area (Å²) in [7, 11) is -1.58. The monoisotopic (exact) mass is 299 g/mol. The Morgan fingerprint density at radius 2 is 2.00 bits per heavy atom. The first-order valence-electron chi connectivity index (χ1n) is 5.86. The summed E-state index contributed by atoms with van der Waals surface area (Å²) in [4.78, 5) is 0.981. The summed E-state index contributed by atoms with van der Waals surface area (Å²) in [5, 5.41) is 4.27. The molecule has 0 aliphatic heterocycles. The van der Waals surface area contributed by atoms with Crippen LogP contribution in [0, 0.1) is 20.8 Å². The van der Waals surface area contributed by atoms with Gasteiger partial charge >= 0.3 is 0 Å². The summed E-state index contributed by atoms with van der Waals surface area (Å²) in [6.07, 6.45) is 0. The lowest BCUT2D eigenvalue weighted by molar-refractivity contribution is 0.583. The third-order valence-corrected chi connectivity index (χ3v) is 5.97. The minimum atomic E-state index is -3.43. The smallest absolute Gasteiger partial charge is 0.250 e. The predicted molar refractivity (Wildman–Crippen MR) is 75.8 cm³/mol. The first-order valence-corrected chi connectivity index (χ1v) is 8.16. The molecule has 7 heteroatoms. The van der Waals surface area contributed by atoms with Crippen LogP contribution in [0.3, 0.4) is 0 Å². The zero-order valence-electron chi connectivity index (χ0n) is 11.4. The molecule has 19 heavy (non-hydrogen) atoms. The van der Waals surface area contributed by atoms with E-state index in [9.17, 15) is 8.42 Å². The van der Waals surface area contributed by atoms with E-state index in [1.165, 1.54) is 11.3 Å². The van der Waals surface area contributed by atoms with Gasteiger partial charge in [0.1, 0.15) is 4.21 Å². The lowest BCUT2D eigenvalue weighted by Crippen LogP contribution is -2.23. The number of aromatic nitrogens is 2. The van der Waals surface area contributed by atoms with Gasteiger partial charge < -0.3 is 0 Å². The van der Waals surface area contributed by atoms with Crippen molar-refractivity contribution >= 4 is 21.4 Å². The minimum absolute atomic E-state index is 0.269. The Bertz CT molecular complexity index is 699. The standard InChI is InChI=1S/C12H17N3O2S2/c1-8-5-6-12(18-8)19(16,17)13-7-11-9(2)14-15(4)10(11)3/h5-6,13H,7H2,1-4H3. The Morgan fingerprint density at radius 1 is 1.32 bits per heavy atom. The molecule has 5 nitrogen and oxygen atoms in total. The molecule has 104 valence electrons. The maximum Gasteiger partial charge on any atom is 0.250 e. The van der Waals surface area contributed by atoms with Gasteiger partial charge in [-0.3, -0.25) is 4.68 Å². The molecule has 2 aromatic heterocycles. The van der Waals surface area contributed by atoms with E-state index in [4.69, 9.17) is 0 Å². The fourth-order valence-corrected chi connectivity index (χ4v) is 4.19. The van der Waals surface area contributed by atoms with Crippen molar-refractivity contribution in [2.24, 2.45) is 7.05 Å². The molecule has 0 saturated carbocycles. The van der Waals surface area contributed by atoms with Crippen LogP contribution in [0.25, 0.3) is 0 Å². The van der Waals surface area contributed by atoms with E-state index in [0.29, 0.717) is 4.21 Å². The van der Waals surface area contributed by atoms with E-state index >= 15 is 0 Å². The molecule has 0 amide bonds. The van der Waals surface area contributed by atoms with Crippen LogP contribution in [0.1, 0.15) is 21.8 Å². The van der Waals surface area contributed by atoms with Crippen molar-refractivity contribution in [2.45, 2.75) is 31.5 Å². The van der Waals surface area contributed by atoms with E-state index in [2.05, 4.69) is 9.82 Å². The summed E-state index contributed by atoms with van der Waals surface area (Å²) in [6, 6.07) is 3.44. The Hall–Kier alpha value is -1.18. The number of nitrogens with zero attached hydrogens (tertiary/aromatic N) is 2. The van der Waals surface area contributed by atoms with Crippen LogP contribution in [-0.4, -0.2) is 18.2 Å². The quantitative estimate of drug-likeness (QED) is 0.937. The largest absolute Gasteiger partial charge is 0.272 e. The van der Waals surface area contributed by atoms with Crippen molar-refractivity contribution in [1.29, 1.82) is 0 Å². The fraction of sp³-hybridized carbons (Fsp3) is 0.417. The van der Waals surface area contributed by atoms with Gasteiger partial charge in [0.2, 0.25) is 10.0 Å². The van der Waals surface area contributed by atoms with E-state index in [-0.39, 0.29) is 6.54 Å². The van der Waals surface area contributed by atoms with Crippen molar-refractivity contribution in [3.05, 3.63) is 34.0 Å². The van der Waals surface area contributed by atoms with Crippen LogP contribution in [-0.2, 0) is 23.6 Å². The lowest BCUT2D eigenvalue weighted by Gasteiger charge is -2.05. The van der Waals surface area contributed by atoms with E-state index in [1.807, 2.05) is 27.8 Å². The van der Waals surface area contributed by atoms with Gasteiger partial charge in [-0.05, 0) is 32.9 Å². The maximum absolute atomic E-state index is 12.1. The first-order chi connectivity index (χ1) is 8.81. The second-order valence-electron chi connectivity index (χ2n) is 4.46. The molecule has 0 spiro atoms. The summed E-state index contributed by atoms with van der Waals surface area (Å²) in [5.74, 6) is 0. The van der Waals surface area contributed by atoms with Gasteiger partial charge in [0.05, 0.1) is 5.69 Å². The van der Waals surface area contributed by atoms with E-state index in [1.54, 1.807) is 16.8 Å². The van der Waals surface area contributed by atoms with Crippen molar-refractivity contribution < 1.29 is 8.42 Å². The molecule has 1 N–H and O–H groups in total. The highest BCUT2D eigenvalue weighted by atomic mass is 32.2. The number of nitrogens with one attached hydrogen (secondary N) is 1. The van der Waals surface area contributed by atoms with Crippen molar-refractivity contribution in [3.8, 4) is 0 Å². The van der Waals surface area contributed by atoms with Gasteiger partial charge in [-0.2, -0.15) is 5.10 Å². The maximum atomic E-state index is 12.1. The van der Waals surface area contributed by atoms with Gasteiger partial charge in [-0.1, -0.05) is 0 Å². The van der Waals surface area contributed by atoms with Crippen LogP contribution in [0.5, 0.6) is 0 Å². The molecule has 0 bridgehead atoms. The SMILES string of the molecule is Cc1ccc(S(=O)(=O)NCc2c(C)nn(C)c2C)s1. The number of hydrogen-bond donors (Lipinski definition) is 1. The summed E-state index contributed by atoms with van der Waals surface area (Å²) >= 11 is 1.27. The third kappa shape index (κ3) is 2.88. The van der Waals surface area contributed by atoms with E-state index in [0.717, 1.165) is 21.8 Å². The molecule has 0 aliphatic rings. The topological polar surface area (TPSA) is 64.0 Å². The molecule has 2 aromatic rings. The van der Waals surface area contributed by atoms with Gasteiger partial charge in [0, 0.05) is 29.7 Å². The second-order valence-corrected chi connectivity index (χ2v) is 7.74. The Morgan fingerprint density at radius 3 is 2.47 bits per heavy atom. The van der Waals surface area contributed by atoms with Gasteiger partial charge in [0.25, 0.3) is 0 Å². The highest BCUT2D eigenvalue weighted by Gasteiger charge is 2.18. The molecule has 0 saturated heterocycles. The zero-order chi connectivity index (χ0) is 14.2. The van der Waals surface area contributed by atoms with Gasteiger partial charge in [0.15, 0.2) is 0 Å². The number of aryl methyl sites for hydroxylation is 3. The van der Waals surface area contributed by atoms with E-state index < -0.39 is 10.0 Å².